The number of oxazole rings is 1. The molecule has 3 rings (SSSR count). The van der Waals surface area contributed by atoms with Crippen LogP contribution in [0.1, 0.15) is 56.4 Å². The zero-order valence-corrected chi connectivity index (χ0v) is 14.4. The molecule has 0 bridgehead atoms. The standard InChI is InChI=1S/C20H26N2O2/c1-15-18(22-20(24-15)16-10-6-5-7-11-16)14-19(23)21-17-12-8-3-2-4-9-13-17/h5-7,10-11,17H,2-4,8-9,12-14H2,1H3,(H,21,23). The fourth-order valence-electron chi connectivity index (χ4n) is 3.33. The number of rotatable bonds is 4. The van der Waals surface area contributed by atoms with Gasteiger partial charge in [-0.1, -0.05) is 50.3 Å². The van der Waals surface area contributed by atoms with Crippen molar-refractivity contribution in [1.82, 2.24) is 10.3 Å². The first-order valence-electron chi connectivity index (χ1n) is 9.03. The van der Waals surface area contributed by atoms with E-state index < -0.39 is 0 Å². The smallest absolute Gasteiger partial charge is 0.226 e. The Labute approximate surface area is 143 Å². The molecule has 1 aliphatic carbocycles. The molecule has 24 heavy (non-hydrogen) atoms. The molecule has 2 aromatic rings. The SMILES string of the molecule is Cc1oc(-c2ccccc2)nc1CC(=O)NC1CCCCCCC1. The highest BCUT2D eigenvalue weighted by atomic mass is 16.4. The fourth-order valence-corrected chi connectivity index (χ4v) is 3.33. The first-order valence-corrected chi connectivity index (χ1v) is 9.03. The molecule has 1 saturated carbocycles. The lowest BCUT2D eigenvalue weighted by atomic mass is 9.96. The third kappa shape index (κ3) is 4.47. The van der Waals surface area contributed by atoms with Gasteiger partial charge in [0.1, 0.15) is 5.76 Å². The van der Waals surface area contributed by atoms with E-state index >= 15 is 0 Å². The Morgan fingerprint density at radius 1 is 1.12 bits per heavy atom. The number of hydrogen-bond donors (Lipinski definition) is 1. The van der Waals surface area contributed by atoms with Gasteiger partial charge in [0.2, 0.25) is 11.8 Å². The van der Waals surface area contributed by atoms with Crippen LogP contribution < -0.4 is 5.32 Å². The Hall–Kier alpha value is -2.10. The van der Waals surface area contributed by atoms with Gasteiger partial charge in [0.25, 0.3) is 0 Å². The Kier molecular flexibility index (Phi) is 5.68. The van der Waals surface area contributed by atoms with Crippen molar-refractivity contribution in [3.05, 3.63) is 41.8 Å². The van der Waals surface area contributed by atoms with E-state index in [9.17, 15) is 4.79 Å². The van der Waals surface area contributed by atoms with E-state index in [4.69, 9.17) is 4.42 Å². The van der Waals surface area contributed by atoms with Crippen molar-refractivity contribution in [3.63, 3.8) is 0 Å². The molecule has 1 heterocycles. The van der Waals surface area contributed by atoms with Crippen molar-refractivity contribution in [1.29, 1.82) is 0 Å². The predicted octanol–water partition coefficient (Wildman–Crippen LogP) is 4.42. The summed E-state index contributed by atoms with van der Waals surface area (Å²) in [7, 11) is 0. The molecule has 4 nitrogen and oxygen atoms in total. The van der Waals surface area contributed by atoms with Gasteiger partial charge in [-0.15, -0.1) is 0 Å². The summed E-state index contributed by atoms with van der Waals surface area (Å²) in [5, 5.41) is 3.19. The Balaban J connectivity index is 1.61. The summed E-state index contributed by atoms with van der Waals surface area (Å²) in [6, 6.07) is 10.1. The van der Waals surface area contributed by atoms with Crippen LogP contribution in [0.4, 0.5) is 0 Å². The number of nitrogens with zero attached hydrogens (tertiary/aromatic N) is 1. The zero-order valence-electron chi connectivity index (χ0n) is 14.4. The van der Waals surface area contributed by atoms with Gasteiger partial charge in [-0.2, -0.15) is 0 Å². The van der Waals surface area contributed by atoms with Crippen LogP contribution in [0.5, 0.6) is 0 Å². The Morgan fingerprint density at radius 2 is 1.79 bits per heavy atom. The molecule has 1 aliphatic rings. The van der Waals surface area contributed by atoms with E-state index in [1.807, 2.05) is 37.3 Å². The summed E-state index contributed by atoms with van der Waals surface area (Å²) < 4.78 is 5.74. The van der Waals surface area contributed by atoms with Gasteiger partial charge in [-0.05, 0) is 31.9 Å². The number of nitrogens with one attached hydrogen (secondary N) is 1. The van der Waals surface area contributed by atoms with Crippen molar-refractivity contribution in [2.24, 2.45) is 0 Å². The van der Waals surface area contributed by atoms with Crippen molar-refractivity contribution in [3.8, 4) is 11.5 Å². The lowest BCUT2D eigenvalue weighted by Gasteiger charge is -2.20. The van der Waals surface area contributed by atoms with Crippen LogP contribution >= 0.6 is 0 Å². The maximum atomic E-state index is 12.4. The topological polar surface area (TPSA) is 55.1 Å². The highest BCUT2D eigenvalue weighted by Gasteiger charge is 2.18. The monoisotopic (exact) mass is 326 g/mol. The zero-order chi connectivity index (χ0) is 16.8. The first-order chi connectivity index (χ1) is 11.7. The van der Waals surface area contributed by atoms with Gasteiger partial charge < -0.3 is 9.73 Å². The third-order valence-corrected chi connectivity index (χ3v) is 4.71. The van der Waals surface area contributed by atoms with Gasteiger partial charge in [0, 0.05) is 11.6 Å². The molecule has 1 amide bonds. The largest absolute Gasteiger partial charge is 0.441 e. The second-order valence-corrected chi connectivity index (χ2v) is 6.67. The molecular weight excluding hydrogens is 300 g/mol. The molecule has 1 N–H and O–H groups in total. The number of carbonyl (C=O) groups excluding carboxylic acids is 1. The number of carbonyl (C=O) groups is 1. The lowest BCUT2D eigenvalue weighted by molar-refractivity contribution is -0.121. The number of amides is 1. The lowest BCUT2D eigenvalue weighted by Crippen LogP contribution is -2.36. The summed E-state index contributed by atoms with van der Waals surface area (Å²) in [6.45, 7) is 1.87. The van der Waals surface area contributed by atoms with Crippen LogP contribution in [0.3, 0.4) is 0 Å². The number of benzene rings is 1. The van der Waals surface area contributed by atoms with E-state index in [1.165, 1.54) is 32.1 Å². The minimum absolute atomic E-state index is 0.0524. The van der Waals surface area contributed by atoms with Gasteiger partial charge in [-0.25, -0.2) is 4.98 Å². The van der Waals surface area contributed by atoms with E-state index in [2.05, 4.69) is 10.3 Å². The average molecular weight is 326 g/mol. The summed E-state index contributed by atoms with van der Waals surface area (Å²) in [4.78, 5) is 16.9. The fraction of sp³-hybridized carbons (Fsp3) is 0.500. The van der Waals surface area contributed by atoms with E-state index in [-0.39, 0.29) is 5.91 Å². The number of aromatic nitrogens is 1. The Morgan fingerprint density at radius 3 is 2.50 bits per heavy atom. The van der Waals surface area contributed by atoms with Crippen molar-refractivity contribution < 1.29 is 9.21 Å². The van der Waals surface area contributed by atoms with Crippen LogP contribution in [0.25, 0.3) is 11.5 Å². The average Bonchev–Trinajstić information content (AvgIpc) is 2.92. The molecule has 0 aliphatic heterocycles. The molecule has 0 saturated heterocycles. The van der Waals surface area contributed by atoms with Crippen LogP contribution in [-0.2, 0) is 11.2 Å². The quantitative estimate of drug-likeness (QED) is 0.904. The molecule has 128 valence electrons. The summed E-state index contributed by atoms with van der Waals surface area (Å²) in [6.07, 6.45) is 8.82. The van der Waals surface area contributed by atoms with Gasteiger partial charge in [-0.3, -0.25) is 4.79 Å². The molecule has 4 heteroatoms. The molecule has 0 atom stereocenters. The van der Waals surface area contributed by atoms with Gasteiger partial charge >= 0.3 is 0 Å². The third-order valence-electron chi connectivity index (χ3n) is 4.71. The molecule has 0 radical (unpaired) electrons. The highest BCUT2D eigenvalue weighted by Crippen LogP contribution is 2.22. The van der Waals surface area contributed by atoms with E-state index in [1.54, 1.807) is 0 Å². The Bertz CT molecular complexity index is 656. The maximum absolute atomic E-state index is 12.4. The second kappa shape index (κ2) is 8.13. The number of aryl methyl sites for hydroxylation is 1. The molecule has 1 fully saturated rings. The summed E-state index contributed by atoms with van der Waals surface area (Å²) in [5.41, 5.74) is 1.67. The van der Waals surface area contributed by atoms with Crippen LogP contribution in [-0.4, -0.2) is 16.9 Å². The van der Waals surface area contributed by atoms with Gasteiger partial charge in [0.05, 0.1) is 12.1 Å². The first kappa shape index (κ1) is 16.7. The van der Waals surface area contributed by atoms with E-state index in [0.29, 0.717) is 18.4 Å². The molecule has 0 spiro atoms. The molecule has 0 unspecified atom stereocenters. The van der Waals surface area contributed by atoms with Crippen molar-refractivity contribution >= 4 is 5.91 Å². The van der Waals surface area contributed by atoms with Crippen LogP contribution in [0.2, 0.25) is 0 Å². The highest BCUT2D eigenvalue weighted by molar-refractivity contribution is 5.78. The molecule has 1 aromatic heterocycles. The molecule has 1 aromatic carbocycles. The van der Waals surface area contributed by atoms with Gasteiger partial charge in [0.15, 0.2) is 0 Å². The molecular formula is C20H26N2O2. The van der Waals surface area contributed by atoms with Crippen LogP contribution in [0, 0.1) is 6.92 Å². The minimum Gasteiger partial charge on any atom is -0.441 e. The van der Waals surface area contributed by atoms with Crippen LogP contribution in [0.15, 0.2) is 34.7 Å². The normalized spacial score (nSPS) is 16.4. The number of hydrogen-bond acceptors (Lipinski definition) is 3. The second-order valence-electron chi connectivity index (χ2n) is 6.67. The van der Waals surface area contributed by atoms with Crippen molar-refractivity contribution in [2.75, 3.05) is 0 Å². The summed E-state index contributed by atoms with van der Waals surface area (Å²) >= 11 is 0. The summed E-state index contributed by atoms with van der Waals surface area (Å²) in [5.74, 6) is 1.36. The predicted molar refractivity (Wildman–Crippen MR) is 94.6 cm³/mol. The van der Waals surface area contributed by atoms with Crippen molar-refractivity contribution in [2.45, 2.75) is 64.3 Å². The minimum atomic E-state index is 0.0524. The van der Waals surface area contributed by atoms with E-state index in [0.717, 1.165) is 29.9 Å². The maximum Gasteiger partial charge on any atom is 0.226 e.